The van der Waals surface area contributed by atoms with Crippen LogP contribution in [0.25, 0.3) is 28.1 Å². The molecule has 5 aromatic heterocycles. The summed E-state index contributed by atoms with van der Waals surface area (Å²) in [6.07, 6.45) is 8.67. The number of rotatable bonds is 8. The molecule has 0 radical (unpaired) electrons. The molecule has 2 N–H and O–H groups in total. The number of imidazole rings is 1. The van der Waals surface area contributed by atoms with Crippen molar-refractivity contribution in [2.45, 2.75) is 75.9 Å². The summed E-state index contributed by atoms with van der Waals surface area (Å²) < 4.78 is 52.5. The molecule has 3 aliphatic rings. The smallest absolute Gasteiger partial charge is 0.381 e. The summed E-state index contributed by atoms with van der Waals surface area (Å²) >= 11 is 0. The van der Waals surface area contributed by atoms with Crippen molar-refractivity contribution in [3.8, 4) is 17.2 Å². The Hall–Kier alpha value is -6.40. The number of H-pyrrole nitrogens is 1. The van der Waals surface area contributed by atoms with Crippen LogP contribution in [0.5, 0.6) is 0 Å². The van der Waals surface area contributed by atoms with Gasteiger partial charge in [0.25, 0.3) is 5.91 Å². The van der Waals surface area contributed by atoms with Gasteiger partial charge in [0.1, 0.15) is 27.9 Å². The van der Waals surface area contributed by atoms with Crippen molar-refractivity contribution in [3.05, 3.63) is 133 Å². The van der Waals surface area contributed by atoms with Crippen molar-refractivity contribution in [1.82, 2.24) is 43.5 Å². The molecule has 0 spiro atoms. The maximum atomic E-state index is 15.4. The molecule has 1 saturated carbocycles. The number of aromatic amines is 1. The number of nitrogens with zero attached hydrogens (tertiary/aromatic N) is 8. The van der Waals surface area contributed by atoms with Crippen LogP contribution in [0.2, 0.25) is 0 Å². The van der Waals surface area contributed by atoms with Gasteiger partial charge in [-0.05, 0) is 111 Å². The molecule has 2 aliphatic heterocycles. The molecular formula is C44H45FN10O6S. The summed E-state index contributed by atoms with van der Waals surface area (Å²) in [6.45, 7) is 9.03. The standard InChI is InChI=1S/C44H45FN10O6S/c1-24-18-32(19-25(2)38(24)45)55-39(53-15-14-52(43(53)58)31-7-9-36(47-23-31)62(5,46)59)37-27(4)51(13-10-33(37)49-55)40(56)35-21-30-20-29(28-11-16-60-17-12-28)6-8-34(30)54(35)44(22-26(44)3)41-48-42(57)61-50-41/h6-9,14-15,18-21,23,26-28,46H,10-13,16-17,22H2,1-5H3,(H,48,50,57)/t26-,27-,44-,62+/m0/s1. The normalized spacial score (nSPS) is 21.3. The average molecular weight is 861 g/mol. The van der Waals surface area contributed by atoms with Crippen LogP contribution in [-0.2, 0) is 26.4 Å². The minimum absolute atomic E-state index is 0.0127. The Morgan fingerprint density at radius 3 is 2.37 bits per heavy atom. The molecule has 1 aliphatic carbocycles. The van der Waals surface area contributed by atoms with Crippen LogP contribution in [0.15, 0.2) is 86.3 Å². The van der Waals surface area contributed by atoms with E-state index in [1.807, 2.05) is 17.6 Å². The second-order valence-corrected chi connectivity index (χ2v) is 19.1. The molecule has 1 saturated heterocycles. The number of ether oxygens (including phenoxy) is 1. The Kier molecular flexibility index (Phi) is 9.18. The molecule has 320 valence electrons. The topological polar surface area (TPSA) is 192 Å². The van der Waals surface area contributed by atoms with Crippen LogP contribution in [0, 0.1) is 30.4 Å². The number of aryl methyl sites for hydroxylation is 2. The zero-order chi connectivity index (χ0) is 43.4. The molecule has 0 unspecified atom stereocenters. The number of hydrogen-bond acceptors (Lipinski definition) is 10. The Morgan fingerprint density at radius 2 is 1.73 bits per heavy atom. The van der Waals surface area contributed by atoms with E-state index in [2.05, 4.69) is 40.2 Å². The number of amides is 1. The van der Waals surface area contributed by atoms with E-state index in [0.29, 0.717) is 89.6 Å². The van der Waals surface area contributed by atoms with Crippen LogP contribution < -0.4 is 11.4 Å². The SMILES string of the molecule is Cc1cc(-n2nc3c(c2-n2ccn(-c4ccc([S@](C)(=N)=O)nc4)c2=O)[C@H](C)N(C(=O)c2cc4cc(C5CCOCC5)ccc4n2[C@@]2(c4noc(=O)[nH]4)C[C@@H]2C)CC3)cc(C)c1F. The summed E-state index contributed by atoms with van der Waals surface area (Å²) in [5, 5.41) is 10.2. The first-order valence-electron chi connectivity index (χ1n) is 20.7. The molecule has 7 heterocycles. The fraction of sp³-hybridized carbons (Fsp3) is 0.364. The fourth-order valence-corrected chi connectivity index (χ4v) is 10.3. The van der Waals surface area contributed by atoms with Crippen molar-refractivity contribution >= 4 is 26.5 Å². The lowest BCUT2D eigenvalue weighted by molar-refractivity contribution is 0.0663. The summed E-state index contributed by atoms with van der Waals surface area (Å²) in [5.41, 5.74) is 4.21. The van der Waals surface area contributed by atoms with Gasteiger partial charge in [-0.1, -0.05) is 18.1 Å². The lowest BCUT2D eigenvalue weighted by Gasteiger charge is -2.34. The lowest BCUT2D eigenvalue weighted by Crippen LogP contribution is -2.41. The third-order valence-electron chi connectivity index (χ3n) is 13.0. The zero-order valence-corrected chi connectivity index (χ0v) is 35.7. The van der Waals surface area contributed by atoms with Crippen LogP contribution in [0.1, 0.15) is 89.3 Å². The monoisotopic (exact) mass is 860 g/mol. The second kappa shape index (κ2) is 14.3. The van der Waals surface area contributed by atoms with E-state index in [1.54, 1.807) is 54.0 Å². The van der Waals surface area contributed by atoms with E-state index in [4.69, 9.17) is 19.1 Å². The number of nitrogens with one attached hydrogen (secondary N) is 2. The van der Waals surface area contributed by atoms with Gasteiger partial charge < -0.3 is 14.2 Å². The zero-order valence-electron chi connectivity index (χ0n) is 34.8. The number of aromatic nitrogens is 8. The molecular weight excluding hydrogens is 816 g/mol. The van der Waals surface area contributed by atoms with Gasteiger partial charge in [0.2, 0.25) is 0 Å². The molecule has 7 aromatic rings. The predicted octanol–water partition coefficient (Wildman–Crippen LogP) is 6.07. The molecule has 18 heteroatoms. The number of carbonyl (C=O) groups is 1. The molecule has 16 nitrogen and oxygen atoms in total. The fourth-order valence-electron chi connectivity index (χ4n) is 9.69. The number of pyridine rings is 1. The van der Waals surface area contributed by atoms with E-state index in [9.17, 15) is 13.8 Å². The van der Waals surface area contributed by atoms with Gasteiger partial charge >= 0.3 is 11.4 Å². The largest absolute Gasteiger partial charge is 0.438 e. The van der Waals surface area contributed by atoms with Crippen LogP contribution in [0.4, 0.5) is 4.39 Å². The summed E-state index contributed by atoms with van der Waals surface area (Å²) in [4.78, 5) is 51.1. The Bertz CT molecular complexity index is 3160. The van der Waals surface area contributed by atoms with E-state index < -0.39 is 32.8 Å². The van der Waals surface area contributed by atoms with Crippen LogP contribution in [0.3, 0.4) is 0 Å². The van der Waals surface area contributed by atoms with E-state index in [-0.39, 0.29) is 22.7 Å². The molecule has 0 bridgehead atoms. The first kappa shape index (κ1) is 39.7. The van der Waals surface area contributed by atoms with Crippen molar-refractivity contribution in [1.29, 1.82) is 4.78 Å². The van der Waals surface area contributed by atoms with Gasteiger partial charge in [0.05, 0.1) is 39.0 Å². The van der Waals surface area contributed by atoms with Gasteiger partial charge in [0, 0.05) is 61.3 Å². The van der Waals surface area contributed by atoms with Gasteiger partial charge in [-0.25, -0.2) is 32.6 Å². The third-order valence-corrected chi connectivity index (χ3v) is 14.1. The van der Waals surface area contributed by atoms with E-state index >= 15 is 9.18 Å². The van der Waals surface area contributed by atoms with E-state index in [1.165, 1.54) is 33.2 Å². The van der Waals surface area contributed by atoms with Crippen LogP contribution >= 0.6 is 0 Å². The maximum absolute atomic E-state index is 15.4. The maximum Gasteiger partial charge on any atom is 0.438 e. The molecule has 2 fully saturated rings. The Morgan fingerprint density at radius 1 is 1.00 bits per heavy atom. The highest BCUT2D eigenvalue weighted by molar-refractivity contribution is 7.91. The van der Waals surface area contributed by atoms with Gasteiger partial charge in [-0.2, -0.15) is 5.10 Å². The highest BCUT2D eigenvalue weighted by Crippen LogP contribution is 2.56. The van der Waals surface area contributed by atoms with Crippen molar-refractivity contribution in [2.24, 2.45) is 5.92 Å². The number of fused-ring (bicyclic) bond motifs is 2. The predicted molar refractivity (Wildman–Crippen MR) is 227 cm³/mol. The summed E-state index contributed by atoms with van der Waals surface area (Å²) in [7, 11) is -3.08. The number of halogens is 1. The Balaban J connectivity index is 1.12. The molecule has 4 atom stereocenters. The highest BCUT2D eigenvalue weighted by Gasteiger charge is 2.59. The molecule has 2 aromatic carbocycles. The quantitative estimate of drug-likeness (QED) is 0.183. The number of carbonyl (C=O) groups excluding carboxylic acids is 1. The average Bonchev–Trinajstić information content (AvgIpc) is 3.75. The van der Waals surface area contributed by atoms with Crippen LogP contribution in [-0.4, -0.2) is 79.6 Å². The highest BCUT2D eigenvalue weighted by atomic mass is 32.2. The number of hydrogen-bond donors (Lipinski definition) is 2. The van der Waals surface area contributed by atoms with Gasteiger partial charge in [0.15, 0.2) is 5.82 Å². The summed E-state index contributed by atoms with van der Waals surface area (Å²) in [6, 6.07) is 14.1. The first-order valence-corrected chi connectivity index (χ1v) is 22.6. The molecule has 62 heavy (non-hydrogen) atoms. The van der Waals surface area contributed by atoms with Crippen molar-refractivity contribution < 1.29 is 22.7 Å². The van der Waals surface area contributed by atoms with Gasteiger partial charge in [-0.3, -0.25) is 23.4 Å². The minimum Gasteiger partial charge on any atom is -0.381 e. The van der Waals surface area contributed by atoms with Gasteiger partial charge in [-0.15, -0.1) is 0 Å². The van der Waals surface area contributed by atoms with E-state index in [0.717, 1.165) is 23.7 Å². The Labute approximate surface area is 354 Å². The van der Waals surface area contributed by atoms with Crippen molar-refractivity contribution in [3.63, 3.8) is 0 Å². The first-order chi connectivity index (χ1) is 29.6. The molecule has 1 amide bonds. The molecule has 10 rings (SSSR count). The number of benzene rings is 2. The summed E-state index contributed by atoms with van der Waals surface area (Å²) in [5.74, 6) is -0.176. The van der Waals surface area contributed by atoms with Crippen molar-refractivity contribution in [2.75, 3.05) is 26.0 Å². The third kappa shape index (κ3) is 6.20. The second-order valence-electron chi connectivity index (χ2n) is 17.0. The lowest BCUT2D eigenvalue weighted by atomic mass is 9.91. The minimum atomic E-state index is -3.08.